The van der Waals surface area contributed by atoms with Crippen LogP contribution in [0.3, 0.4) is 0 Å². The highest BCUT2D eigenvalue weighted by atomic mass is 32.2. The lowest BCUT2D eigenvalue weighted by atomic mass is 10.3. The fraction of sp³-hybridized carbons (Fsp3) is 0.400. The predicted octanol–water partition coefficient (Wildman–Crippen LogP) is 2.79. The molecule has 0 heterocycles. The van der Waals surface area contributed by atoms with E-state index in [1.165, 1.54) is 17.8 Å². The summed E-state index contributed by atoms with van der Waals surface area (Å²) in [6.07, 6.45) is 0. The highest BCUT2D eigenvalue weighted by Gasteiger charge is 2.10. The summed E-state index contributed by atoms with van der Waals surface area (Å²) in [5, 5.41) is 0.180. The first-order valence-electron chi connectivity index (χ1n) is 4.38. The van der Waals surface area contributed by atoms with Crippen LogP contribution in [0.5, 0.6) is 0 Å². The number of rotatable bonds is 3. The molecule has 0 spiro atoms. The second-order valence-electron chi connectivity index (χ2n) is 3.26. The van der Waals surface area contributed by atoms with Crippen molar-refractivity contribution in [1.82, 2.24) is 0 Å². The van der Waals surface area contributed by atoms with Gasteiger partial charge < -0.3 is 5.73 Å². The van der Waals surface area contributed by atoms with Crippen LogP contribution in [0.4, 0.5) is 8.78 Å². The van der Waals surface area contributed by atoms with E-state index in [0.717, 1.165) is 6.07 Å². The second kappa shape index (κ2) is 4.75. The number of halogens is 2. The second-order valence-corrected chi connectivity index (χ2v) is 4.71. The molecule has 4 heteroatoms. The Morgan fingerprint density at radius 1 is 1.21 bits per heavy atom. The van der Waals surface area contributed by atoms with Crippen LogP contribution in [0.1, 0.15) is 13.8 Å². The average molecular weight is 217 g/mol. The van der Waals surface area contributed by atoms with Gasteiger partial charge in [0.05, 0.1) is 0 Å². The molecule has 0 aliphatic heterocycles. The Kier molecular flexibility index (Phi) is 3.89. The molecule has 0 amide bonds. The molecule has 1 nitrogen and oxygen atoms in total. The van der Waals surface area contributed by atoms with Gasteiger partial charge in [0.2, 0.25) is 0 Å². The van der Waals surface area contributed by atoms with Crippen molar-refractivity contribution < 1.29 is 8.78 Å². The first-order valence-corrected chi connectivity index (χ1v) is 5.26. The zero-order chi connectivity index (χ0) is 10.7. The van der Waals surface area contributed by atoms with Crippen LogP contribution in [0.2, 0.25) is 0 Å². The summed E-state index contributed by atoms with van der Waals surface area (Å²) in [6.45, 7) is 3.84. The summed E-state index contributed by atoms with van der Waals surface area (Å²) in [5.74, 6) is -1.63. The molecule has 2 atom stereocenters. The number of benzene rings is 1. The summed E-state index contributed by atoms with van der Waals surface area (Å²) in [7, 11) is 0. The van der Waals surface area contributed by atoms with Crippen LogP contribution in [0, 0.1) is 11.6 Å². The van der Waals surface area contributed by atoms with E-state index in [1.54, 1.807) is 6.07 Å². The van der Waals surface area contributed by atoms with E-state index in [0.29, 0.717) is 4.90 Å². The van der Waals surface area contributed by atoms with Gasteiger partial charge in [-0.3, -0.25) is 0 Å². The molecule has 78 valence electrons. The summed E-state index contributed by atoms with van der Waals surface area (Å²) in [4.78, 5) is 0.703. The Hall–Kier alpha value is -0.610. The molecule has 0 fully saturated rings. The number of thioether (sulfide) groups is 1. The van der Waals surface area contributed by atoms with Gasteiger partial charge in [0.1, 0.15) is 0 Å². The molecule has 2 N–H and O–H groups in total. The van der Waals surface area contributed by atoms with Crippen LogP contribution in [0.15, 0.2) is 23.1 Å². The highest BCUT2D eigenvalue weighted by molar-refractivity contribution is 8.00. The van der Waals surface area contributed by atoms with Crippen molar-refractivity contribution >= 4 is 11.8 Å². The smallest absolute Gasteiger partial charge is 0.159 e. The van der Waals surface area contributed by atoms with Crippen molar-refractivity contribution in [2.24, 2.45) is 5.73 Å². The maximum absolute atomic E-state index is 12.8. The molecule has 0 aliphatic carbocycles. The zero-order valence-corrected chi connectivity index (χ0v) is 8.94. The van der Waals surface area contributed by atoms with E-state index >= 15 is 0 Å². The lowest BCUT2D eigenvalue weighted by Crippen LogP contribution is -2.26. The van der Waals surface area contributed by atoms with Crippen molar-refractivity contribution in [3.63, 3.8) is 0 Å². The lowest BCUT2D eigenvalue weighted by molar-refractivity contribution is 0.506. The van der Waals surface area contributed by atoms with Gasteiger partial charge in [-0.25, -0.2) is 8.78 Å². The molecular weight excluding hydrogens is 204 g/mol. The monoisotopic (exact) mass is 217 g/mol. The molecule has 0 saturated carbocycles. The average Bonchev–Trinajstić information content (AvgIpc) is 2.11. The standard InChI is InChI=1S/C10H13F2NS/c1-6(13)7(2)14-8-3-4-9(11)10(12)5-8/h3-7H,13H2,1-2H3. The summed E-state index contributed by atoms with van der Waals surface area (Å²) in [6, 6.07) is 3.90. The van der Waals surface area contributed by atoms with E-state index in [2.05, 4.69) is 0 Å². The van der Waals surface area contributed by atoms with Gasteiger partial charge in [0.25, 0.3) is 0 Å². The van der Waals surface area contributed by atoms with Gasteiger partial charge in [0.15, 0.2) is 11.6 Å². The minimum atomic E-state index is -0.817. The third-order valence-electron chi connectivity index (χ3n) is 1.95. The molecule has 0 aliphatic rings. The van der Waals surface area contributed by atoms with Crippen LogP contribution >= 0.6 is 11.8 Å². The summed E-state index contributed by atoms with van der Waals surface area (Å²) < 4.78 is 25.4. The fourth-order valence-electron chi connectivity index (χ4n) is 0.872. The molecule has 0 aromatic heterocycles. The summed E-state index contributed by atoms with van der Waals surface area (Å²) in [5.41, 5.74) is 5.66. The van der Waals surface area contributed by atoms with Gasteiger partial charge in [-0.05, 0) is 25.1 Å². The quantitative estimate of drug-likeness (QED) is 0.788. The lowest BCUT2D eigenvalue weighted by Gasteiger charge is -2.14. The molecule has 2 unspecified atom stereocenters. The maximum atomic E-state index is 12.8. The molecule has 1 aromatic carbocycles. The first-order chi connectivity index (χ1) is 6.50. The number of hydrogen-bond donors (Lipinski definition) is 1. The van der Waals surface area contributed by atoms with Crippen molar-refractivity contribution in [1.29, 1.82) is 0 Å². The van der Waals surface area contributed by atoms with Gasteiger partial charge in [0, 0.05) is 16.2 Å². The van der Waals surface area contributed by atoms with Crippen LogP contribution in [-0.2, 0) is 0 Å². The van der Waals surface area contributed by atoms with Gasteiger partial charge in [-0.15, -0.1) is 11.8 Å². The van der Waals surface area contributed by atoms with Crippen molar-refractivity contribution in [3.8, 4) is 0 Å². The van der Waals surface area contributed by atoms with Crippen molar-refractivity contribution in [2.75, 3.05) is 0 Å². The highest BCUT2D eigenvalue weighted by Crippen LogP contribution is 2.25. The largest absolute Gasteiger partial charge is 0.327 e. The Balaban J connectivity index is 2.73. The Labute approximate surface area is 86.7 Å². The molecular formula is C10H13F2NS. The summed E-state index contributed by atoms with van der Waals surface area (Å²) >= 11 is 1.44. The maximum Gasteiger partial charge on any atom is 0.159 e. The van der Waals surface area contributed by atoms with Crippen LogP contribution in [-0.4, -0.2) is 11.3 Å². The van der Waals surface area contributed by atoms with E-state index < -0.39 is 11.6 Å². The Bertz CT molecular complexity index is 315. The minimum Gasteiger partial charge on any atom is -0.327 e. The molecule has 0 saturated heterocycles. The Morgan fingerprint density at radius 3 is 2.36 bits per heavy atom. The third kappa shape index (κ3) is 2.96. The number of hydrogen-bond acceptors (Lipinski definition) is 2. The van der Waals surface area contributed by atoms with Gasteiger partial charge >= 0.3 is 0 Å². The molecule has 0 bridgehead atoms. The topological polar surface area (TPSA) is 26.0 Å². The van der Waals surface area contributed by atoms with Gasteiger partial charge in [-0.2, -0.15) is 0 Å². The number of nitrogens with two attached hydrogens (primary N) is 1. The van der Waals surface area contributed by atoms with Crippen LogP contribution in [0.25, 0.3) is 0 Å². The first kappa shape index (κ1) is 11.5. The molecule has 1 aromatic rings. The predicted molar refractivity (Wildman–Crippen MR) is 55.3 cm³/mol. The van der Waals surface area contributed by atoms with Crippen LogP contribution < -0.4 is 5.73 Å². The fourth-order valence-corrected chi connectivity index (χ4v) is 1.83. The van der Waals surface area contributed by atoms with E-state index in [9.17, 15) is 8.78 Å². The van der Waals surface area contributed by atoms with E-state index in [1.807, 2.05) is 13.8 Å². The molecule has 14 heavy (non-hydrogen) atoms. The van der Waals surface area contributed by atoms with Crippen molar-refractivity contribution in [3.05, 3.63) is 29.8 Å². The zero-order valence-electron chi connectivity index (χ0n) is 8.13. The van der Waals surface area contributed by atoms with E-state index in [4.69, 9.17) is 5.73 Å². The molecule has 1 rings (SSSR count). The van der Waals surface area contributed by atoms with E-state index in [-0.39, 0.29) is 11.3 Å². The third-order valence-corrected chi connectivity index (χ3v) is 3.28. The van der Waals surface area contributed by atoms with Crippen molar-refractivity contribution in [2.45, 2.75) is 30.0 Å². The molecule has 0 radical (unpaired) electrons. The minimum absolute atomic E-state index is 0.0214. The normalized spacial score (nSPS) is 15.2. The van der Waals surface area contributed by atoms with Gasteiger partial charge in [-0.1, -0.05) is 6.92 Å². The SMILES string of the molecule is CC(N)C(C)Sc1ccc(F)c(F)c1. The Morgan fingerprint density at radius 2 is 1.86 bits per heavy atom.